The van der Waals surface area contributed by atoms with Gasteiger partial charge in [0.15, 0.2) is 4.84 Å². The van der Waals surface area contributed by atoms with Crippen molar-refractivity contribution in [3.63, 3.8) is 0 Å². The number of amides is 2. The summed E-state index contributed by atoms with van der Waals surface area (Å²) in [6, 6.07) is 21.3. The van der Waals surface area contributed by atoms with E-state index in [1.54, 1.807) is 62.5 Å². The second kappa shape index (κ2) is 20.6. The molecule has 2 N–H and O–H groups in total. The molecule has 3 aromatic carbocycles. The number of anilines is 2. The van der Waals surface area contributed by atoms with Crippen LogP contribution in [0.1, 0.15) is 50.7 Å². The molecule has 0 bridgehead atoms. The lowest BCUT2D eigenvalue weighted by Crippen LogP contribution is -2.45. The summed E-state index contributed by atoms with van der Waals surface area (Å²) in [4.78, 5) is 36.3. The van der Waals surface area contributed by atoms with Crippen molar-refractivity contribution in [3.8, 4) is 11.5 Å². The Balaban J connectivity index is 0.000000218. The molecule has 1 aliphatic rings. The average Bonchev–Trinajstić information content (AvgIpc) is 3.79. The van der Waals surface area contributed by atoms with E-state index >= 15 is 0 Å². The van der Waals surface area contributed by atoms with Gasteiger partial charge in [0.2, 0.25) is 5.91 Å². The van der Waals surface area contributed by atoms with Crippen molar-refractivity contribution in [2.45, 2.75) is 63.7 Å². The van der Waals surface area contributed by atoms with Gasteiger partial charge in [0.1, 0.15) is 45.7 Å². The van der Waals surface area contributed by atoms with Gasteiger partial charge in [-0.25, -0.2) is 0 Å². The smallest absolute Gasteiger partial charge is 0.293 e. The molecular formula is C38H44Cl4N4O8. The van der Waals surface area contributed by atoms with Crippen molar-refractivity contribution in [3.05, 3.63) is 111 Å². The van der Waals surface area contributed by atoms with Crippen molar-refractivity contribution in [1.82, 2.24) is 4.90 Å². The Kier molecular flexibility index (Phi) is 16.9. The van der Waals surface area contributed by atoms with E-state index in [0.717, 1.165) is 23.2 Å². The Morgan fingerprint density at radius 3 is 2.33 bits per heavy atom. The number of furan rings is 1. The first-order valence-corrected chi connectivity index (χ1v) is 18.6. The van der Waals surface area contributed by atoms with E-state index < -0.39 is 15.5 Å². The largest absolute Gasteiger partial charge is 0.467 e. The number of rotatable bonds is 11. The van der Waals surface area contributed by atoms with E-state index in [4.69, 9.17) is 70.8 Å². The van der Waals surface area contributed by atoms with Crippen LogP contribution in [0, 0.1) is 17.0 Å². The Bertz CT molecular complexity index is 1840. The summed E-state index contributed by atoms with van der Waals surface area (Å²) in [5.41, 5.74) is 7.72. The third kappa shape index (κ3) is 11.5. The second-order valence-corrected chi connectivity index (χ2v) is 14.2. The molecule has 0 aliphatic carbocycles. The van der Waals surface area contributed by atoms with E-state index in [1.807, 2.05) is 38.1 Å². The number of nitrogens with zero attached hydrogens (tertiary/aromatic N) is 3. The van der Waals surface area contributed by atoms with Crippen LogP contribution < -0.4 is 15.4 Å². The molecule has 1 aliphatic heterocycles. The van der Waals surface area contributed by atoms with Crippen LogP contribution in [0.25, 0.3) is 0 Å². The molecule has 54 heavy (non-hydrogen) atoms. The van der Waals surface area contributed by atoms with Gasteiger partial charge in [-0.3, -0.25) is 19.7 Å². The van der Waals surface area contributed by atoms with Crippen LogP contribution >= 0.6 is 46.4 Å². The molecule has 2 unspecified atom stereocenters. The number of ether oxygens (including phenoxy) is 3. The molecule has 1 saturated heterocycles. The highest BCUT2D eigenvalue weighted by atomic mass is 35.5. The lowest BCUT2D eigenvalue weighted by Gasteiger charge is -2.31. The van der Waals surface area contributed by atoms with Gasteiger partial charge in [-0.05, 0) is 75.6 Å². The first-order chi connectivity index (χ1) is 25.6. The van der Waals surface area contributed by atoms with E-state index in [-0.39, 0.29) is 52.0 Å². The first kappa shape index (κ1) is 44.4. The minimum Gasteiger partial charge on any atom is -0.467 e. The van der Waals surface area contributed by atoms with Gasteiger partial charge in [-0.2, -0.15) is 0 Å². The molecule has 2 amide bonds. The van der Waals surface area contributed by atoms with Gasteiger partial charge in [0, 0.05) is 13.2 Å². The predicted octanol–water partition coefficient (Wildman–Crippen LogP) is 9.51. The number of halogens is 4. The molecular weight excluding hydrogens is 782 g/mol. The molecule has 1 aromatic heterocycles. The summed E-state index contributed by atoms with van der Waals surface area (Å²) in [6.45, 7) is 10.5. The first-order valence-electron chi connectivity index (χ1n) is 16.8. The fourth-order valence-electron chi connectivity index (χ4n) is 5.67. The topological polar surface area (TPSA) is 151 Å². The number of carbonyl (C=O) groups excluding carboxylic acids is 2. The van der Waals surface area contributed by atoms with Crippen LogP contribution in [0.15, 0.2) is 83.5 Å². The zero-order valence-electron chi connectivity index (χ0n) is 30.8. The molecule has 5 rings (SSSR count). The zero-order chi connectivity index (χ0) is 40.2. The standard InChI is InChI=1S/C15H22ClNO2.C12H9ClN2O3.C11H13Cl2NO3/c1-5-13-8-6-7-11(2)15(13)17(14(18)9-16)12(3)10-19-4;13-11-10(18-8-4-2-1-3-5-8)7-6-9(12(11)14)15(16)17;1-11(2)14(10(15)9(12)13)6-8(17-11)7-4-3-5-16-7/h6-8,12H,5,9-10H2,1-4H3;1-7H,14H2;3-5,8-9H,6H2,1-2H3. The van der Waals surface area contributed by atoms with Crippen LogP contribution in [0.5, 0.6) is 11.5 Å². The van der Waals surface area contributed by atoms with E-state index in [1.165, 1.54) is 17.0 Å². The van der Waals surface area contributed by atoms with Crippen molar-refractivity contribution in [2.75, 3.05) is 36.8 Å². The molecule has 292 valence electrons. The number of benzene rings is 3. The molecule has 4 aromatic rings. The number of para-hydroxylation sites is 2. The van der Waals surface area contributed by atoms with Gasteiger partial charge in [0.25, 0.3) is 11.6 Å². The molecule has 16 heteroatoms. The number of carbonyl (C=O) groups is 2. The van der Waals surface area contributed by atoms with Gasteiger partial charge < -0.3 is 34.2 Å². The van der Waals surface area contributed by atoms with Gasteiger partial charge in [-0.1, -0.05) is 78.1 Å². The molecule has 12 nitrogen and oxygen atoms in total. The van der Waals surface area contributed by atoms with E-state index in [0.29, 0.717) is 24.7 Å². The van der Waals surface area contributed by atoms with Crippen LogP contribution in [0.2, 0.25) is 5.02 Å². The number of hydrogen-bond donors (Lipinski definition) is 1. The monoisotopic (exact) mass is 824 g/mol. The lowest BCUT2D eigenvalue weighted by atomic mass is 10.0. The van der Waals surface area contributed by atoms with Crippen molar-refractivity contribution in [2.24, 2.45) is 0 Å². The molecule has 1 fully saturated rings. The van der Waals surface area contributed by atoms with Crippen molar-refractivity contribution < 1.29 is 33.1 Å². The maximum atomic E-state index is 12.2. The van der Waals surface area contributed by atoms with Gasteiger partial charge in [-0.15, -0.1) is 11.6 Å². The van der Waals surface area contributed by atoms with Crippen LogP contribution in [-0.2, 0) is 25.5 Å². The molecule has 0 spiro atoms. The van der Waals surface area contributed by atoms with E-state index in [9.17, 15) is 19.7 Å². The average molecular weight is 827 g/mol. The van der Waals surface area contributed by atoms with Crippen LogP contribution in [-0.4, -0.2) is 64.4 Å². The third-order valence-electron chi connectivity index (χ3n) is 8.21. The number of nitro benzene ring substituents is 1. The lowest BCUT2D eigenvalue weighted by molar-refractivity contribution is -0.383. The van der Waals surface area contributed by atoms with Crippen molar-refractivity contribution >= 4 is 75.3 Å². The summed E-state index contributed by atoms with van der Waals surface area (Å²) < 4.78 is 21.7. The Hall–Kier alpha value is -4.04. The number of alkyl halides is 3. The third-order valence-corrected chi connectivity index (χ3v) is 9.20. The summed E-state index contributed by atoms with van der Waals surface area (Å²) in [5, 5.41) is 10.7. The number of methoxy groups -OCH3 is 1. The number of nitrogens with two attached hydrogens (primary N) is 1. The van der Waals surface area contributed by atoms with Crippen LogP contribution in [0.4, 0.5) is 17.1 Å². The SMILES string of the molecule is CC1(C)OC(c2ccco2)CN1C(=O)C(Cl)Cl.CCc1cccc(C)c1N(C(=O)CCl)C(C)COC.Nc1c([N+](=O)[O-])ccc(Oc2ccccc2)c1Cl. The normalized spacial score (nSPS) is 15.0. The summed E-state index contributed by atoms with van der Waals surface area (Å²) in [6.07, 6.45) is 2.17. The maximum absolute atomic E-state index is 12.2. The number of aryl methyl sites for hydroxylation is 2. The Morgan fingerprint density at radius 1 is 1.09 bits per heavy atom. The Morgan fingerprint density at radius 2 is 1.78 bits per heavy atom. The predicted molar refractivity (Wildman–Crippen MR) is 213 cm³/mol. The van der Waals surface area contributed by atoms with Crippen LogP contribution in [0.3, 0.4) is 0 Å². The van der Waals surface area contributed by atoms with Gasteiger partial charge >= 0.3 is 0 Å². The number of hydrogen-bond acceptors (Lipinski definition) is 9. The molecule has 2 atom stereocenters. The zero-order valence-corrected chi connectivity index (χ0v) is 33.8. The summed E-state index contributed by atoms with van der Waals surface area (Å²) >= 11 is 22.9. The second-order valence-electron chi connectivity index (χ2n) is 12.4. The molecule has 0 saturated carbocycles. The summed E-state index contributed by atoms with van der Waals surface area (Å²) in [5.74, 6) is 1.08. The molecule has 2 heterocycles. The maximum Gasteiger partial charge on any atom is 0.293 e. The van der Waals surface area contributed by atoms with Gasteiger partial charge in [0.05, 0.1) is 36.1 Å². The number of nitro groups is 1. The Labute approximate surface area is 335 Å². The number of nitrogen functional groups attached to an aromatic ring is 1. The highest BCUT2D eigenvalue weighted by Gasteiger charge is 2.45. The highest BCUT2D eigenvalue weighted by molar-refractivity contribution is 6.53. The quantitative estimate of drug-likeness (QED) is 0.0675. The fraction of sp³-hybridized carbons (Fsp3) is 0.368. The molecule has 0 radical (unpaired) electrons. The summed E-state index contributed by atoms with van der Waals surface area (Å²) in [7, 11) is 1.64. The van der Waals surface area contributed by atoms with E-state index in [2.05, 4.69) is 13.0 Å². The minimum absolute atomic E-state index is 0.0223. The highest BCUT2D eigenvalue weighted by Crippen LogP contribution is 2.39. The fourth-order valence-corrected chi connectivity index (χ4v) is 6.23. The van der Waals surface area contributed by atoms with Crippen molar-refractivity contribution in [1.29, 1.82) is 0 Å². The minimum atomic E-state index is -1.08.